The molecule has 1 amide bonds. The minimum atomic E-state index is -4.72. The number of amides is 1. The molecule has 0 unspecified atom stereocenters. The van der Waals surface area contributed by atoms with Crippen molar-refractivity contribution in [3.05, 3.63) is 29.8 Å². The zero-order valence-electron chi connectivity index (χ0n) is 13.8. The highest BCUT2D eigenvalue weighted by molar-refractivity contribution is 6.00. The monoisotopic (exact) mass is 344 g/mol. The molecule has 1 aliphatic heterocycles. The van der Waals surface area contributed by atoms with E-state index in [0.29, 0.717) is 10.8 Å². The van der Waals surface area contributed by atoms with E-state index in [1.54, 1.807) is 26.8 Å². The summed E-state index contributed by atoms with van der Waals surface area (Å²) in [5, 5.41) is 14.8. The lowest BCUT2D eigenvalue weighted by Gasteiger charge is -2.41. The molecule has 1 aromatic carbocycles. The van der Waals surface area contributed by atoms with Gasteiger partial charge in [-0.25, -0.2) is 0 Å². The number of rotatable bonds is 2. The molecule has 132 valence electrons. The average molecular weight is 344 g/mol. The molecule has 8 heteroatoms. The van der Waals surface area contributed by atoms with Crippen molar-refractivity contribution in [2.24, 2.45) is 10.5 Å². The Morgan fingerprint density at radius 3 is 2.46 bits per heavy atom. The molecule has 0 aromatic heterocycles. The topological polar surface area (TPSA) is 62.1 Å². The quantitative estimate of drug-likeness (QED) is 0.896. The largest absolute Gasteiger partial charge is 0.497 e. The number of benzene rings is 1. The molecule has 1 aliphatic rings. The normalized spacial score (nSPS) is 21.7. The highest BCUT2D eigenvalue weighted by Crippen LogP contribution is 2.44. The van der Waals surface area contributed by atoms with E-state index >= 15 is 0 Å². The first-order chi connectivity index (χ1) is 10.9. The summed E-state index contributed by atoms with van der Waals surface area (Å²) in [6.07, 6.45) is -5.50. The maximum absolute atomic E-state index is 13.1. The van der Waals surface area contributed by atoms with Gasteiger partial charge in [-0.05, 0) is 18.2 Å². The SMILES string of the molecule is COc1cccc(C(=O)N2N=C(C(F)(F)F)C[C@]2(O)C(C)(C)C)c1. The Bertz CT molecular complexity index is 680. The van der Waals surface area contributed by atoms with E-state index in [9.17, 15) is 23.1 Å². The molecule has 0 saturated carbocycles. The highest BCUT2D eigenvalue weighted by Gasteiger charge is 2.57. The Morgan fingerprint density at radius 1 is 1.33 bits per heavy atom. The fourth-order valence-corrected chi connectivity index (χ4v) is 2.38. The number of aliphatic hydroxyl groups is 1. The highest BCUT2D eigenvalue weighted by atomic mass is 19.4. The molecule has 24 heavy (non-hydrogen) atoms. The van der Waals surface area contributed by atoms with Crippen molar-refractivity contribution in [3.63, 3.8) is 0 Å². The van der Waals surface area contributed by atoms with Gasteiger partial charge in [-0.15, -0.1) is 0 Å². The van der Waals surface area contributed by atoms with Crippen LogP contribution >= 0.6 is 0 Å². The molecule has 2 rings (SSSR count). The van der Waals surface area contributed by atoms with E-state index in [1.165, 1.54) is 25.3 Å². The number of carbonyl (C=O) groups is 1. The fraction of sp³-hybridized carbons (Fsp3) is 0.500. The second-order valence-corrected chi connectivity index (χ2v) is 6.64. The van der Waals surface area contributed by atoms with Gasteiger partial charge in [0.05, 0.1) is 7.11 Å². The fourth-order valence-electron chi connectivity index (χ4n) is 2.38. The van der Waals surface area contributed by atoms with E-state index < -0.39 is 35.4 Å². The van der Waals surface area contributed by atoms with Crippen molar-refractivity contribution < 1.29 is 27.8 Å². The van der Waals surface area contributed by atoms with Gasteiger partial charge in [-0.2, -0.15) is 23.3 Å². The molecule has 1 heterocycles. The molecule has 1 aromatic rings. The number of nitrogens with zero attached hydrogens (tertiary/aromatic N) is 2. The van der Waals surface area contributed by atoms with Crippen LogP contribution < -0.4 is 4.74 Å². The Kier molecular flexibility index (Phi) is 4.39. The third kappa shape index (κ3) is 3.10. The van der Waals surface area contributed by atoms with Crippen LogP contribution in [0.5, 0.6) is 5.75 Å². The number of carbonyl (C=O) groups excluding carboxylic acids is 1. The lowest BCUT2D eigenvalue weighted by Crippen LogP contribution is -2.55. The maximum Gasteiger partial charge on any atom is 0.431 e. The Balaban J connectivity index is 2.49. The van der Waals surface area contributed by atoms with Crippen molar-refractivity contribution >= 4 is 11.6 Å². The van der Waals surface area contributed by atoms with Gasteiger partial charge >= 0.3 is 6.18 Å². The van der Waals surface area contributed by atoms with Gasteiger partial charge in [-0.1, -0.05) is 26.8 Å². The van der Waals surface area contributed by atoms with Crippen LogP contribution in [0.4, 0.5) is 13.2 Å². The van der Waals surface area contributed by atoms with Crippen LogP contribution in [0.2, 0.25) is 0 Å². The van der Waals surface area contributed by atoms with E-state index in [0.717, 1.165) is 0 Å². The average Bonchev–Trinajstić information content (AvgIpc) is 2.85. The van der Waals surface area contributed by atoms with E-state index in [1.807, 2.05) is 0 Å². The van der Waals surface area contributed by atoms with Gasteiger partial charge < -0.3 is 9.84 Å². The minimum Gasteiger partial charge on any atom is -0.497 e. The standard InChI is InChI=1S/C16H19F3N2O3/c1-14(2,3)15(23)9-12(16(17,18)19)20-21(15)13(22)10-6-5-7-11(8-10)24-4/h5-8,23H,9H2,1-4H3/t15-/m0/s1. The van der Waals surface area contributed by atoms with Crippen molar-refractivity contribution in [1.82, 2.24) is 5.01 Å². The molecule has 0 bridgehead atoms. The zero-order valence-corrected chi connectivity index (χ0v) is 13.8. The third-order valence-corrected chi connectivity index (χ3v) is 4.02. The van der Waals surface area contributed by atoms with Gasteiger partial charge in [0.1, 0.15) is 11.5 Å². The molecule has 0 aliphatic carbocycles. The van der Waals surface area contributed by atoms with E-state index in [4.69, 9.17) is 4.74 Å². The molecular formula is C16H19F3N2O3. The number of methoxy groups -OCH3 is 1. The van der Waals surface area contributed by atoms with Crippen molar-refractivity contribution in [2.75, 3.05) is 7.11 Å². The summed E-state index contributed by atoms with van der Waals surface area (Å²) in [6, 6.07) is 5.94. The molecule has 1 atom stereocenters. The first kappa shape index (κ1) is 18.3. The summed E-state index contributed by atoms with van der Waals surface area (Å²) in [4.78, 5) is 12.7. The minimum absolute atomic E-state index is 0.0733. The van der Waals surface area contributed by atoms with Crippen LogP contribution in [-0.2, 0) is 0 Å². The van der Waals surface area contributed by atoms with E-state index in [-0.39, 0.29) is 5.56 Å². The van der Waals surface area contributed by atoms with Crippen LogP contribution in [0, 0.1) is 5.41 Å². The second kappa shape index (κ2) is 5.77. The first-order valence-electron chi connectivity index (χ1n) is 7.26. The summed E-state index contributed by atoms with van der Waals surface area (Å²) in [5.74, 6) is -0.454. The number of halogens is 3. The molecule has 5 nitrogen and oxygen atoms in total. The van der Waals surface area contributed by atoms with Crippen LogP contribution in [0.3, 0.4) is 0 Å². The van der Waals surface area contributed by atoms with Crippen molar-refractivity contribution in [2.45, 2.75) is 39.1 Å². The van der Waals surface area contributed by atoms with Gasteiger partial charge in [0.2, 0.25) is 0 Å². The molecule has 0 radical (unpaired) electrons. The van der Waals surface area contributed by atoms with Gasteiger partial charge in [0.15, 0.2) is 5.72 Å². The third-order valence-electron chi connectivity index (χ3n) is 4.02. The lowest BCUT2D eigenvalue weighted by molar-refractivity contribution is -0.144. The molecule has 0 saturated heterocycles. The maximum atomic E-state index is 13.1. The molecule has 1 N–H and O–H groups in total. The number of alkyl halides is 3. The van der Waals surface area contributed by atoms with Gasteiger partial charge in [0, 0.05) is 17.4 Å². The summed E-state index contributed by atoms with van der Waals surface area (Å²) >= 11 is 0. The van der Waals surface area contributed by atoms with Gasteiger partial charge in [0.25, 0.3) is 5.91 Å². The zero-order chi connectivity index (χ0) is 18.3. The van der Waals surface area contributed by atoms with Crippen LogP contribution in [0.1, 0.15) is 37.6 Å². The number of hydrogen-bond acceptors (Lipinski definition) is 4. The number of hydrazone groups is 1. The summed E-state index contributed by atoms with van der Waals surface area (Å²) in [6.45, 7) is 4.65. The second-order valence-electron chi connectivity index (χ2n) is 6.64. The van der Waals surface area contributed by atoms with Crippen molar-refractivity contribution in [3.8, 4) is 5.75 Å². The summed E-state index contributed by atoms with van der Waals surface area (Å²) in [5.41, 5.74) is -4.24. The Morgan fingerprint density at radius 2 is 1.96 bits per heavy atom. The van der Waals surface area contributed by atoms with E-state index in [2.05, 4.69) is 5.10 Å². The number of ether oxygens (including phenoxy) is 1. The Hall–Kier alpha value is -2.09. The van der Waals surface area contributed by atoms with Crippen molar-refractivity contribution in [1.29, 1.82) is 0 Å². The summed E-state index contributed by atoms with van der Waals surface area (Å²) in [7, 11) is 1.41. The smallest absolute Gasteiger partial charge is 0.431 e. The van der Waals surface area contributed by atoms with Crippen LogP contribution in [-0.4, -0.2) is 40.7 Å². The molecule has 0 spiro atoms. The van der Waals surface area contributed by atoms with Gasteiger partial charge in [-0.3, -0.25) is 4.79 Å². The van der Waals surface area contributed by atoms with Crippen LogP contribution in [0.25, 0.3) is 0 Å². The predicted molar refractivity (Wildman–Crippen MR) is 81.7 cm³/mol. The first-order valence-corrected chi connectivity index (χ1v) is 7.26. The van der Waals surface area contributed by atoms with Crippen LogP contribution in [0.15, 0.2) is 29.4 Å². The lowest BCUT2D eigenvalue weighted by atomic mass is 9.80. The molecular weight excluding hydrogens is 325 g/mol. The molecule has 0 fully saturated rings. The summed E-state index contributed by atoms with van der Waals surface area (Å²) < 4.78 is 44.2. The predicted octanol–water partition coefficient (Wildman–Crippen LogP) is 3.19. The number of hydrogen-bond donors (Lipinski definition) is 1. The Labute approximate surface area is 137 Å².